The highest BCUT2D eigenvalue weighted by Crippen LogP contribution is 2.10. The van der Waals surface area contributed by atoms with Gasteiger partial charge in [-0.25, -0.2) is 0 Å². The number of benzene rings is 1. The van der Waals surface area contributed by atoms with Gasteiger partial charge in [0, 0.05) is 16.7 Å². The summed E-state index contributed by atoms with van der Waals surface area (Å²) in [7, 11) is 0. The number of hydrogen-bond acceptors (Lipinski definition) is 4. The number of carbonyl (C=O) groups is 2. The zero-order valence-electron chi connectivity index (χ0n) is 9.22. The molecule has 2 aromatic rings. The summed E-state index contributed by atoms with van der Waals surface area (Å²) in [5.74, 6) is -0.651. The number of Topliss-reactive ketones (excluding diaryl/α,β-unsaturated/α-hetero) is 1. The Morgan fingerprint density at radius 3 is 2.83 bits per heavy atom. The number of nitrogens with one attached hydrogen (secondary N) is 1. The molecule has 0 unspecified atom stereocenters. The van der Waals surface area contributed by atoms with E-state index in [0.29, 0.717) is 10.6 Å². The van der Waals surface area contributed by atoms with E-state index in [4.69, 9.17) is 11.6 Å². The molecule has 0 fully saturated rings. The molecule has 0 bridgehead atoms. The third-order valence-electron chi connectivity index (χ3n) is 2.22. The third kappa shape index (κ3) is 2.95. The molecule has 1 heterocycles. The van der Waals surface area contributed by atoms with Crippen LogP contribution in [0.2, 0.25) is 5.02 Å². The Balaban J connectivity index is 1.95. The first-order valence-corrected chi connectivity index (χ1v) is 5.52. The Labute approximate surface area is 108 Å². The van der Waals surface area contributed by atoms with E-state index in [1.807, 2.05) is 0 Å². The standard InChI is InChI=1S/C12H9ClN2O3/c13-9-3-1-2-8(6-9)10(16)7-14-12(17)11-4-5-15-18-11/h1-6H,7H2,(H,14,17). The van der Waals surface area contributed by atoms with Crippen LogP contribution in [0.3, 0.4) is 0 Å². The fraction of sp³-hybridized carbons (Fsp3) is 0.0833. The smallest absolute Gasteiger partial charge is 0.290 e. The molecule has 6 heteroatoms. The quantitative estimate of drug-likeness (QED) is 0.857. The summed E-state index contributed by atoms with van der Waals surface area (Å²) < 4.78 is 4.66. The van der Waals surface area contributed by atoms with Crippen LogP contribution < -0.4 is 5.32 Å². The van der Waals surface area contributed by atoms with E-state index in [-0.39, 0.29) is 18.1 Å². The molecular weight excluding hydrogens is 256 g/mol. The van der Waals surface area contributed by atoms with Gasteiger partial charge in [-0.05, 0) is 12.1 Å². The predicted molar refractivity (Wildman–Crippen MR) is 64.6 cm³/mol. The van der Waals surface area contributed by atoms with Gasteiger partial charge in [0.2, 0.25) is 5.76 Å². The van der Waals surface area contributed by atoms with Gasteiger partial charge in [-0.2, -0.15) is 0 Å². The number of amides is 1. The minimum atomic E-state index is -0.483. The van der Waals surface area contributed by atoms with Crippen LogP contribution in [-0.2, 0) is 0 Å². The van der Waals surface area contributed by atoms with Crippen LogP contribution >= 0.6 is 11.6 Å². The lowest BCUT2D eigenvalue weighted by Crippen LogP contribution is -2.29. The monoisotopic (exact) mass is 264 g/mol. The zero-order valence-corrected chi connectivity index (χ0v) is 9.98. The van der Waals surface area contributed by atoms with Gasteiger partial charge in [-0.1, -0.05) is 28.9 Å². The number of carbonyl (C=O) groups excluding carboxylic acids is 2. The lowest BCUT2D eigenvalue weighted by molar-refractivity contribution is 0.0878. The van der Waals surface area contributed by atoms with Gasteiger partial charge in [0.05, 0.1) is 12.7 Å². The molecule has 0 aliphatic carbocycles. The summed E-state index contributed by atoms with van der Waals surface area (Å²) in [5, 5.41) is 6.31. The fourth-order valence-corrected chi connectivity index (χ4v) is 1.53. The van der Waals surface area contributed by atoms with E-state index < -0.39 is 5.91 Å². The van der Waals surface area contributed by atoms with E-state index in [9.17, 15) is 9.59 Å². The van der Waals surface area contributed by atoms with Crippen molar-refractivity contribution in [2.75, 3.05) is 6.54 Å². The van der Waals surface area contributed by atoms with Gasteiger partial charge in [-0.3, -0.25) is 9.59 Å². The summed E-state index contributed by atoms with van der Waals surface area (Å²) in [6.07, 6.45) is 1.35. The van der Waals surface area contributed by atoms with Gasteiger partial charge in [0.25, 0.3) is 5.91 Å². The number of halogens is 1. The van der Waals surface area contributed by atoms with Crippen LogP contribution in [0.4, 0.5) is 0 Å². The molecule has 1 aromatic carbocycles. The summed E-state index contributed by atoms with van der Waals surface area (Å²) in [6.45, 7) is -0.125. The Morgan fingerprint density at radius 2 is 2.17 bits per heavy atom. The largest absolute Gasteiger partial charge is 0.351 e. The molecule has 92 valence electrons. The highest BCUT2D eigenvalue weighted by Gasteiger charge is 2.12. The molecule has 1 N–H and O–H groups in total. The normalized spacial score (nSPS) is 10.1. The second-order valence-corrected chi connectivity index (χ2v) is 3.93. The second-order valence-electron chi connectivity index (χ2n) is 3.49. The third-order valence-corrected chi connectivity index (χ3v) is 2.45. The number of ketones is 1. The Hall–Kier alpha value is -2.14. The van der Waals surface area contributed by atoms with Crippen LogP contribution in [0.1, 0.15) is 20.9 Å². The molecule has 2 rings (SSSR count). The molecule has 1 aromatic heterocycles. The lowest BCUT2D eigenvalue weighted by Gasteiger charge is -2.02. The number of aromatic nitrogens is 1. The maximum absolute atomic E-state index is 11.8. The zero-order chi connectivity index (χ0) is 13.0. The molecule has 5 nitrogen and oxygen atoms in total. The first kappa shape index (κ1) is 12.3. The van der Waals surface area contributed by atoms with Gasteiger partial charge in [0.1, 0.15) is 0 Å². The van der Waals surface area contributed by atoms with Crippen molar-refractivity contribution in [1.29, 1.82) is 0 Å². The van der Waals surface area contributed by atoms with Gasteiger partial charge < -0.3 is 9.84 Å². The topological polar surface area (TPSA) is 72.2 Å². The molecule has 0 atom stereocenters. The highest BCUT2D eigenvalue weighted by atomic mass is 35.5. The Bertz CT molecular complexity index is 566. The van der Waals surface area contributed by atoms with Crippen molar-refractivity contribution < 1.29 is 14.1 Å². The number of hydrogen-bond donors (Lipinski definition) is 1. The summed E-state index contributed by atoms with van der Waals surface area (Å²) in [5.41, 5.74) is 0.445. The van der Waals surface area contributed by atoms with E-state index in [1.165, 1.54) is 12.3 Å². The Morgan fingerprint density at radius 1 is 1.33 bits per heavy atom. The summed E-state index contributed by atoms with van der Waals surface area (Å²) in [4.78, 5) is 23.2. The minimum absolute atomic E-state index is 0.0638. The van der Waals surface area contributed by atoms with Crippen LogP contribution in [0.15, 0.2) is 41.1 Å². The first-order valence-electron chi connectivity index (χ1n) is 5.14. The van der Waals surface area contributed by atoms with Crippen molar-refractivity contribution in [3.8, 4) is 0 Å². The van der Waals surface area contributed by atoms with Crippen molar-refractivity contribution in [2.45, 2.75) is 0 Å². The van der Waals surface area contributed by atoms with Crippen molar-refractivity contribution >= 4 is 23.3 Å². The molecule has 0 spiro atoms. The van der Waals surface area contributed by atoms with Gasteiger partial charge in [-0.15, -0.1) is 0 Å². The van der Waals surface area contributed by atoms with Crippen LogP contribution in [0, 0.1) is 0 Å². The molecule has 1 amide bonds. The summed E-state index contributed by atoms with van der Waals surface area (Å²) in [6, 6.07) is 7.94. The maximum Gasteiger partial charge on any atom is 0.290 e. The van der Waals surface area contributed by atoms with E-state index in [1.54, 1.807) is 24.3 Å². The van der Waals surface area contributed by atoms with Crippen LogP contribution in [-0.4, -0.2) is 23.4 Å². The van der Waals surface area contributed by atoms with Crippen molar-refractivity contribution in [3.63, 3.8) is 0 Å². The lowest BCUT2D eigenvalue weighted by atomic mass is 10.1. The number of nitrogens with zero attached hydrogens (tertiary/aromatic N) is 1. The van der Waals surface area contributed by atoms with Crippen molar-refractivity contribution in [1.82, 2.24) is 10.5 Å². The van der Waals surface area contributed by atoms with Crippen molar-refractivity contribution in [2.24, 2.45) is 0 Å². The molecular formula is C12H9ClN2O3. The van der Waals surface area contributed by atoms with Gasteiger partial charge in [0.15, 0.2) is 5.78 Å². The number of rotatable bonds is 4. The van der Waals surface area contributed by atoms with E-state index in [2.05, 4.69) is 15.0 Å². The molecule has 0 saturated heterocycles. The average molecular weight is 265 g/mol. The second kappa shape index (κ2) is 5.46. The van der Waals surface area contributed by atoms with Gasteiger partial charge >= 0.3 is 0 Å². The molecule has 0 radical (unpaired) electrons. The average Bonchev–Trinajstić information content (AvgIpc) is 2.89. The van der Waals surface area contributed by atoms with E-state index in [0.717, 1.165) is 0 Å². The predicted octanol–water partition coefficient (Wildman–Crippen LogP) is 1.94. The minimum Gasteiger partial charge on any atom is -0.351 e. The van der Waals surface area contributed by atoms with Crippen LogP contribution in [0.5, 0.6) is 0 Å². The first-order chi connectivity index (χ1) is 8.66. The maximum atomic E-state index is 11.8. The SMILES string of the molecule is O=C(CNC(=O)c1ccno1)c1cccc(Cl)c1. The highest BCUT2D eigenvalue weighted by molar-refractivity contribution is 6.31. The van der Waals surface area contributed by atoms with Crippen LogP contribution in [0.25, 0.3) is 0 Å². The van der Waals surface area contributed by atoms with Crippen molar-refractivity contribution in [3.05, 3.63) is 52.9 Å². The molecule has 0 aliphatic heterocycles. The molecule has 18 heavy (non-hydrogen) atoms. The summed E-state index contributed by atoms with van der Waals surface area (Å²) >= 11 is 5.77. The molecule has 0 saturated carbocycles. The Kier molecular flexibility index (Phi) is 3.74. The fourth-order valence-electron chi connectivity index (χ4n) is 1.34. The molecule has 0 aliphatic rings. The van der Waals surface area contributed by atoms with E-state index >= 15 is 0 Å².